The van der Waals surface area contributed by atoms with Gasteiger partial charge in [-0.15, -0.1) is 6.42 Å². The van der Waals surface area contributed by atoms with Crippen molar-refractivity contribution in [1.82, 2.24) is 5.32 Å². The van der Waals surface area contributed by atoms with Crippen LogP contribution in [0.3, 0.4) is 0 Å². The van der Waals surface area contributed by atoms with Crippen molar-refractivity contribution in [3.05, 3.63) is 0 Å². The van der Waals surface area contributed by atoms with E-state index in [9.17, 15) is 4.79 Å². The molecule has 92 valence electrons. The molecule has 0 aromatic rings. The normalized spacial score (nSPS) is 13.9. The van der Waals surface area contributed by atoms with Crippen LogP contribution in [0.1, 0.15) is 32.6 Å². The van der Waals surface area contributed by atoms with Gasteiger partial charge >= 0.3 is 0 Å². The Morgan fingerprint density at radius 3 is 2.75 bits per heavy atom. The minimum Gasteiger partial charge on any atom is -0.385 e. The summed E-state index contributed by atoms with van der Waals surface area (Å²) in [5, 5.41) is 2.75. The summed E-state index contributed by atoms with van der Waals surface area (Å²) in [6.07, 6.45) is 8.42. The number of rotatable bonds is 8. The maximum atomic E-state index is 11.6. The molecular weight excluding hydrogens is 204 g/mol. The van der Waals surface area contributed by atoms with Crippen molar-refractivity contribution in [2.75, 3.05) is 13.7 Å². The summed E-state index contributed by atoms with van der Waals surface area (Å²) in [4.78, 5) is 11.6. The third kappa shape index (κ3) is 6.44. The van der Waals surface area contributed by atoms with Gasteiger partial charge in [-0.05, 0) is 19.3 Å². The van der Waals surface area contributed by atoms with E-state index in [-0.39, 0.29) is 11.9 Å². The van der Waals surface area contributed by atoms with E-state index in [1.165, 1.54) is 0 Å². The molecule has 3 N–H and O–H groups in total. The average Bonchev–Trinajstić information content (AvgIpc) is 2.28. The quantitative estimate of drug-likeness (QED) is 0.472. The van der Waals surface area contributed by atoms with Crippen LogP contribution in [0.5, 0.6) is 0 Å². The molecule has 0 rings (SSSR count). The summed E-state index contributed by atoms with van der Waals surface area (Å²) in [7, 11) is 1.63. The van der Waals surface area contributed by atoms with Crippen molar-refractivity contribution < 1.29 is 9.53 Å². The van der Waals surface area contributed by atoms with Gasteiger partial charge in [-0.25, -0.2) is 0 Å². The average molecular weight is 226 g/mol. The van der Waals surface area contributed by atoms with E-state index in [0.29, 0.717) is 13.0 Å². The van der Waals surface area contributed by atoms with Gasteiger partial charge in [0.25, 0.3) is 0 Å². The van der Waals surface area contributed by atoms with Gasteiger partial charge in [-0.1, -0.05) is 19.3 Å². The van der Waals surface area contributed by atoms with Crippen molar-refractivity contribution >= 4 is 5.91 Å². The van der Waals surface area contributed by atoms with Gasteiger partial charge < -0.3 is 15.8 Å². The van der Waals surface area contributed by atoms with Crippen molar-refractivity contribution in [3.8, 4) is 12.3 Å². The molecular formula is C12H22N2O2. The van der Waals surface area contributed by atoms with Gasteiger partial charge in [-0.3, -0.25) is 4.79 Å². The maximum Gasteiger partial charge on any atom is 0.237 e. The Morgan fingerprint density at radius 1 is 1.56 bits per heavy atom. The second-order valence-electron chi connectivity index (χ2n) is 3.76. The zero-order valence-electron chi connectivity index (χ0n) is 10.2. The van der Waals surface area contributed by atoms with Gasteiger partial charge in [0.15, 0.2) is 0 Å². The van der Waals surface area contributed by atoms with Crippen LogP contribution in [0.15, 0.2) is 0 Å². The van der Waals surface area contributed by atoms with Gasteiger partial charge in [0, 0.05) is 13.7 Å². The third-order valence-electron chi connectivity index (χ3n) is 2.30. The zero-order valence-corrected chi connectivity index (χ0v) is 10.2. The predicted octanol–water partition coefficient (Wildman–Crippen LogP) is 0.658. The van der Waals surface area contributed by atoms with Gasteiger partial charge in [0.2, 0.25) is 5.91 Å². The number of carbonyl (C=O) groups excluding carboxylic acids is 1. The first kappa shape index (κ1) is 14.9. The zero-order chi connectivity index (χ0) is 12.4. The minimum atomic E-state index is -0.497. The SMILES string of the molecule is C#CC(CCC)NC(=O)C(N)CCCOC. The number of amides is 1. The largest absolute Gasteiger partial charge is 0.385 e. The second-order valence-corrected chi connectivity index (χ2v) is 3.76. The Bertz CT molecular complexity index is 236. The Balaban J connectivity index is 3.89. The molecule has 0 aliphatic carbocycles. The Morgan fingerprint density at radius 2 is 2.25 bits per heavy atom. The maximum absolute atomic E-state index is 11.6. The lowest BCUT2D eigenvalue weighted by Crippen LogP contribution is -2.45. The first-order valence-electron chi connectivity index (χ1n) is 5.66. The second kappa shape index (κ2) is 9.20. The fourth-order valence-electron chi connectivity index (χ4n) is 1.34. The van der Waals surface area contributed by atoms with Crippen LogP contribution in [0.4, 0.5) is 0 Å². The highest BCUT2D eigenvalue weighted by atomic mass is 16.5. The van der Waals surface area contributed by atoms with Crippen LogP contribution in [0.2, 0.25) is 0 Å². The lowest BCUT2D eigenvalue weighted by atomic mass is 10.1. The molecule has 0 spiro atoms. The van der Waals surface area contributed by atoms with E-state index >= 15 is 0 Å². The van der Waals surface area contributed by atoms with Gasteiger partial charge in [0.1, 0.15) is 0 Å². The molecule has 0 aliphatic heterocycles. The smallest absolute Gasteiger partial charge is 0.237 e. The Labute approximate surface area is 97.9 Å². The number of terminal acetylenes is 1. The molecule has 2 unspecified atom stereocenters. The molecule has 0 saturated carbocycles. The summed E-state index contributed by atoms with van der Waals surface area (Å²) in [5.41, 5.74) is 5.72. The highest BCUT2D eigenvalue weighted by molar-refractivity contribution is 5.82. The number of ether oxygens (including phenoxy) is 1. The van der Waals surface area contributed by atoms with Crippen LogP contribution < -0.4 is 11.1 Å². The molecule has 0 aromatic heterocycles. The molecule has 0 aromatic carbocycles. The monoisotopic (exact) mass is 226 g/mol. The minimum absolute atomic E-state index is 0.174. The lowest BCUT2D eigenvalue weighted by Gasteiger charge is -2.16. The van der Waals surface area contributed by atoms with Crippen molar-refractivity contribution in [3.63, 3.8) is 0 Å². The van der Waals surface area contributed by atoms with Crippen LogP contribution in [-0.2, 0) is 9.53 Å². The molecule has 0 heterocycles. The van der Waals surface area contributed by atoms with Crippen LogP contribution >= 0.6 is 0 Å². The lowest BCUT2D eigenvalue weighted by molar-refractivity contribution is -0.122. The summed E-state index contributed by atoms with van der Waals surface area (Å²) in [5.74, 6) is 2.37. The molecule has 1 amide bonds. The van der Waals surface area contributed by atoms with E-state index in [0.717, 1.165) is 19.3 Å². The summed E-state index contributed by atoms with van der Waals surface area (Å²) < 4.78 is 4.89. The number of nitrogens with two attached hydrogens (primary N) is 1. The summed E-state index contributed by atoms with van der Waals surface area (Å²) in [6.45, 7) is 2.64. The van der Waals surface area contributed by atoms with Gasteiger partial charge in [-0.2, -0.15) is 0 Å². The van der Waals surface area contributed by atoms with Crippen LogP contribution in [0.25, 0.3) is 0 Å². The first-order chi connectivity index (χ1) is 7.65. The fourth-order valence-corrected chi connectivity index (χ4v) is 1.34. The van der Waals surface area contributed by atoms with Crippen molar-refractivity contribution in [1.29, 1.82) is 0 Å². The Kier molecular flexibility index (Phi) is 8.59. The number of nitrogens with one attached hydrogen (secondary N) is 1. The third-order valence-corrected chi connectivity index (χ3v) is 2.30. The van der Waals surface area contributed by atoms with E-state index in [1.54, 1.807) is 7.11 Å². The molecule has 0 fully saturated rings. The highest BCUT2D eigenvalue weighted by Gasteiger charge is 2.15. The van der Waals surface area contributed by atoms with E-state index in [4.69, 9.17) is 16.9 Å². The molecule has 0 saturated heterocycles. The molecule has 4 nitrogen and oxygen atoms in total. The number of hydrogen-bond acceptors (Lipinski definition) is 3. The van der Waals surface area contributed by atoms with E-state index < -0.39 is 6.04 Å². The predicted molar refractivity (Wildman–Crippen MR) is 64.8 cm³/mol. The molecule has 0 aliphatic rings. The standard InChI is InChI=1S/C12H22N2O2/c1-4-7-10(5-2)14-12(15)11(13)8-6-9-16-3/h2,10-11H,4,6-9,13H2,1,3H3,(H,14,15). The van der Waals surface area contributed by atoms with E-state index in [2.05, 4.69) is 11.2 Å². The number of hydrogen-bond donors (Lipinski definition) is 2. The van der Waals surface area contributed by atoms with Crippen molar-refractivity contribution in [2.24, 2.45) is 5.73 Å². The highest BCUT2D eigenvalue weighted by Crippen LogP contribution is 1.99. The van der Waals surface area contributed by atoms with Crippen LogP contribution in [0, 0.1) is 12.3 Å². The molecule has 0 bridgehead atoms. The number of carbonyl (C=O) groups is 1. The van der Waals surface area contributed by atoms with Gasteiger partial charge in [0.05, 0.1) is 12.1 Å². The summed E-state index contributed by atoms with van der Waals surface area (Å²) >= 11 is 0. The number of methoxy groups -OCH3 is 1. The molecule has 2 atom stereocenters. The molecule has 4 heteroatoms. The molecule has 0 radical (unpaired) electrons. The van der Waals surface area contributed by atoms with Crippen molar-refractivity contribution in [2.45, 2.75) is 44.7 Å². The molecule has 16 heavy (non-hydrogen) atoms. The summed E-state index contributed by atoms with van der Waals surface area (Å²) in [6, 6.07) is -0.700. The fraction of sp³-hybridized carbons (Fsp3) is 0.750. The topological polar surface area (TPSA) is 64.4 Å². The van der Waals surface area contributed by atoms with E-state index in [1.807, 2.05) is 6.92 Å². The van der Waals surface area contributed by atoms with Crippen LogP contribution in [-0.4, -0.2) is 31.7 Å². The first-order valence-corrected chi connectivity index (χ1v) is 5.66. The Hall–Kier alpha value is -1.05.